The van der Waals surface area contributed by atoms with Gasteiger partial charge in [-0.05, 0) is 47.5 Å². The van der Waals surface area contributed by atoms with Gasteiger partial charge < -0.3 is 5.73 Å². The highest BCUT2D eigenvalue weighted by Crippen LogP contribution is 2.28. The molecule has 6 nitrogen and oxygen atoms in total. The number of sulfonamides is 1. The van der Waals surface area contributed by atoms with E-state index in [0.717, 1.165) is 0 Å². The Morgan fingerprint density at radius 2 is 2.05 bits per heavy atom. The van der Waals surface area contributed by atoms with Crippen LogP contribution in [0.5, 0.6) is 0 Å². The number of hydrogen-bond acceptors (Lipinski definition) is 5. The maximum Gasteiger partial charge on any atom is 0.242 e. The third-order valence-corrected chi connectivity index (χ3v) is 7.65. The Bertz CT molecular complexity index is 746. The molecule has 20 heavy (non-hydrogen) atoms. The molecular weight excluding hydrogens is 368 g/mol. The fourth-order valence-electron chi connectivity index (χ4n) is 2.21. The van der Waals surface area contributed by atoms with Crippen LogP contribution in [-0.2, 0) is 19.9 Å². The van der Waals surface area contributed by atoms with Gasteiger partial charge in [0.25, 0.3) is 0 Å². The standard InChI is InChI=1S/C11H15BrN2O4S2/c1-11(4-5-19(15,16)7-11)14-20(17,18)10-3-2-8(13)6-9(10)12/h2-3,6,14H,4-5,7,13H2,1H3. The molecule has 1 aromatic carbocycles. The summed E-state index contributed by atoms with van der Waals surface area (Å²) in [6, 6.07) is 4.35. The number of benzene rings is 1. The van der Waals surface area contributed by atoms with Crippen molar-refractivity contribution in [2.45, 2.75) is 23.8 Å². The molecule has 1 atom stereocenters. The molecular formula is C11H15BrN2O4S2. The molecule has 0 saturated carbocycles. The molecule has 0 radical (unpaired) electrons. The van der Waals surface area contributed by atoms with E-state index in [4.69, 9.17) is 5.73 Å². The Hall–Kier alpha value is -0.640. The topological polar surface area (TPSA) is 106 Å². The van der Waals surface area contributed by atoms with Crippen LogP contribution in [0.3, 0.4) is 0 Å². The van der Waals surface area contributed by atoms with Crippen molar-refractivity contribution in [3.05, 3.63) is 22.7 Å². The van der Waals surface area contributed by atoms with Crippen molar-refractivity contribution in [3.8, 4) is 0 Å². The lowest BCUT2D eigenvalue weighted by Gasteiger charge is -2.24. The molecule has 3 N–H and O–H groups in total. The minimum absolute atomic E-state index is 0.00503. The first-order chi connectivity index (χ1) is 9.03. The summed E-state index contributed by atoms with van der Waals surface area (Å²) in [6.45, 7) is 1.60. The number of nitrogens with one attached hydrogen (secondary N) is 1. The number of hydrogen-bond donors (Lipinski definition) is 2. The molecule has 1 heterocycles. The lowest BCUT2D eigenvalue weighted by Crippen LogP contribution is -2.46. The molecule has 1 aromatic rings. The summed E-state index contributed by atoms with van der Waals surface area (Å²) >= 11 is 3.15. The van der Waals surface area contributed by atoms with Crippen molar-refractivity contribution in [2.24, 2.45) is 0 Å². The highest BCUT2D eigenvalue weighted by atomic mass is 79.9. The SMILES string of the molecule is CC1(NS(=O)(=O)c2ccc(N)cc2Br)CCS(=O)(=O)C1. The molecule has 112 valence electrons. The first-order valence-electron chi connectivity index (χ1n) is 5.83. The highest BCUT2D eigenvalue weighted by Gasteiger charge is 2.41. The van der Waals surface area contributed by atoms with Gasteiger partial charge >= 0.3 is 0 Å². The van der Waals surface area contributed by atoms with E-state index in [1.807, 2.05) is 0 Å². The largest absolute Gasteiger partial charge is 0.399 e. The van der Waals surface area contributed by atoms with Gasteiger partial charge in [-0.1, -0.05) is 0 Å². The molecule has 1 unspecified atom stereocenters. The van der Waals surface area contributed by atoms with Crippen LogP contribution < -0.4 is 10.5 Å². The first kappa shape index (κ1) is 15.7. The molecule has 0 spiro atoms. The third-order valence-electron chi connectivity index (χ3n) is 3.13. The number of halogens is 1. The monoisotopic (exact) mass is 382 g/mol. The van der Waals surface area contributed by atoms with E-state index in [9.17, 15) is 16.8 Å². The van der Waals surface area contributed by atoms with Crippen molar-refractivity contribution in [1.29, 1.82) is 0 Å². The molecule has 0 aromatic heterocycles. The van der Waals surface area contributed by atoms with Gasteiger partial charge in [0.15, 0.2) is 9.84 Å². The second kappa shape index (κ2) is 4.97. The minimum Gasteiger partial charge on any atom is -0.399 e. The van der Waals surface area contributed by atoms with E-state index in [2.05, 4.69) is 20.7 Å². The van der Waals surface area contributed by atoms with Gasteiger partial charge in [-0.25, -0.2) is 21.6 Å². The van der Waals surface area contributed by atoms with Crippen LogP contribution >= 0.6 is 15.9 Å². The lowest BCUT2D eigenvalue weighted by atomic mass is 10.0. The molecule has 0 aliphatic carbocycles. The zero-order valence-corrected chi connectivity index (χ0v) is 14.0. The molecule has 0 amide bonds. The molecule has 1 aliphatic rings. The summed E-state index contributed by atoms with van der Waals surface area (Å²) < 4.78 is 50.6. The Morgan fingerprint density at radius 3 is 2.55 bits per heavy atom. The fraction of sp³-hybridized carbons (Fsp3) is 0.455. The summed E-state index contributed by atoms with van der Waals surface area (Å²) in [5.41, 5.74) is 5.03. The van der Waals surface area contributed by atoms with E-state index in [1.165, 1.54) is 18.2 Å². The normalized spacial score (nSPS) is 25.7. The zero-order valence-electron chi connectivity index (χ0n) is 10.8. The van der Waals surface area contributed by atoms with E-state index < -0.39 is 25.4 Å². The van der Waals surface area contributed by atoms with Crippen LogP contribution in [0.25, 0.3) is 0 Å². The van der Waals surface area contributed by atoms with Gasteiger partial charge in [0, 0.05) is 15.7 Å². The number of nitrogen functional groups attached to an aromatic ring is 1. The number of sulfone groups is 1. The smallest absolute Gasteiger partial charge is 0.242 e. The Morgan fingerprint density at radius 1 is 1.40 bits per heavy atom. The molecule has 1 saturated heterocycles. The van der Waals surface area contributed by atoms with Crippen molar-refractivity contribution in [2.75, 3.05) is 17.2 Å². The highest BCUT2D eigenvalue weighted by molar-refractivity contribution is 9.10. The minimum atomic E-state index is -3.82. The summed E-state index contributed by atoms with van der Waals surface area (Å²) in [5, 5.41) is 0. The van der Waals surface area contributed by atoms with Crippen molar-refractivity contribution in [1.82, 2.24) is 4.72 Å². The molecule has 9 heteroatoms. The van der Waals surface area contributed by atoms with Gasteiger partial charge in [-0.15, -0.1) is 0 Å². The van der Waals surface area contributed by atoms with Crippen LogP contribution in [-0.4, -0.2) is 33.9 Å². The van der Waals surface area contributed by atoms with Gasteiger partial charge in [0.05, 0.1) is 16.4 Å². The molecule has 1 aliphatic heterocycles. The zero-order chi connectivity index (χ0) is 15.2. The van der Waals surface area contributed by atoms with Crippen LogP contribution in [0, 0.1) is 0 Å². The van der Waals surface area contributed by atoms with Gasteiger partial charge in [0.2, 0.25) is 10.0 Å². The summed E-state index contributed by atoms with van der Waals surface area (Å²) in [6.07, 6.45) is 0.265. The summed E-state index contributed by atoms with van der Waals surface area (Å²) in [7, 11) is -7.00. The quantitative estimate of drug-likeness (QED) is 0.754. The average Bonchev–Trinajstić information content (AvgIpc) is 2.50. The van der Waals surface area contributed by atoms with E-state index in [1.54, 1.807) is 6.92 Å². The predicted molar refractivity (Wildman–Crippen MR) is 80.6 cm³/mol. The van der Waals surface area contributed by atoms with Crippen molar-refractivity contribution < 1.29 is 16.8 Å². The van der Waals surface area contributed by atoms with Gasteiger partial charge in [0.1, 0.15) is 0 Å². The Kier molecular flexibility index (Phi) is 3.91. The summed E-state index contributed by atoms with van der Waals surface area (Å²) in [4.78, 5) is 0.0391. The van der Waals surface area contributed by atoms with Crippen LogP contribution in [0.2, 0.25) is 0 Å². The van der Waals surface area contributed by atoms with Crippen LogP contribution in [0.1, 0.15) is 13.3 Å². The van der Waals surface area contributed by atoms with E-state index in [-0.39, 0.29) is 22.8 Å². The van der Waals surface area contributed by atoms with Gasteiger partial charge in [-0.2, -0.15) is 0 Å². The fourth-order valence-corrected chi connectivity index (χ4v) is 6.92. The van der Waals surface area contributed by atoms with E-state index in [0.29, 0.717) is 10.2 Å². The number of anilines is 1. The summed E-state index contributed by atoms with van der Waals surface area (Å²) in [5.74, 6) is -0.194. The number of nitrogens with two attached hydrogens (primary N) is 1. The maximum absolute atomic E-state index is 12.4. The average molecular weight is 383 g/mol. The molecule has 1 fully saturated rings. The predicted octanol–water partition coefficient (Wildman–Crippen LogP) is 0.887. The first-order valence-corrected chi connectivity index (χ1v) is 9.92. The maximum atomic E-state index is 12.4. The van der Waals surface area contributed by atoms with Gasteiger partial charge in [-0.3, -0.25) is 0 Å². The second-order valence-electron chi connectivity index (χ2n) is 5.20. The van der Waals surface area contributed by atoms with Crippen LogP contribution in [0.4, 0.5) is 5.69 Å². The van der Waals surface area contributed by atoms with Crippen molar-refractivity contribution >= 4 is 41.5 Å². The lowest BCUT2D eigenvalue weighted by molar-refractivity contribution is 0.461. The Labute approximate surface area is 126 Å². The number of rotatable bonds is 3. The molecule has 2 rings (SSSR count). The second-order valence-corrected chi connectivity index (χ2v) is 9.89. The van der Waals surface area contributed by atoms with Crippen molar-refractivity contribution in [3.63, 3.8) is 0 Å². The third kappa shape index (κ3) is 3.33. The van der Waals surface area contributed by atoms with Crippen LogP contribution in [0.15, 0.2) is 27.6 Å². The Balaban J connectivity index is 2.33. The molecule has 0 bridgehead atoms. The van der Waals surface area contributed by atoms with E-state index >= 15 is 0 Å².